The van der Waals surface area contributed by atoms with Crippen LogP contribution in [-0.4, -0.2) is 15.5 Å². The van der Waals surface area contributed by atoms with Gasteiger partial charge in [-0.25, -0.2) is 0 Å². The summed E-state index contributed by atoms with van der Waals surface area (Å²) in [6, 6.07) is 7.91. The van der Waals surface area contributed by atoms with Crippen molar-refractivity contribution in [2.45, 2.75) is 33.1 Å². The molecule has 2 aromatic rings. The van der Waals surface area contributed by atoms with E-state index in [1.54, 1.807) is 6.92 Å². The van der Waals surface area contributed by atoms with Crippen LogP contribution in [0.4, 0.5) is 5.69 Å². The molecule has 19 heavy (non-hydrogen) atoms. The highest BCUT2D eigenvalue weighted by molar-refractivity contribution is 7.08. The fourth-order valence-electron chi connectivity index (χ4n) is 1.68. The van der Waals surface area contributed by atoms with Gasteiger partial charge in [-0.15, -0.1) is 5.10 Å². The molecule has 0 aliphatic heterocycles. The summed E-state index contributed by atoms with van der Waals surface area (Å²) in [5.41, 5.74) is 2.79. The molecule has 2 rings (SSSR count). The van der Waals surface area contributed by atoms with Gasteiger partial charge in [0.2, 0.25) is 0 Å². The zero-order valence-electron chi connectivity index (χ0n) is 11.5. The normalized spacial score (nSPS) is 11.4. The first kappa shape index (κ1) is 13.7. The number of aryl methyl sites for hydroxylation is 1. The predicted octanol–water partition coefficient (Wildman–Crippen LogP) is 3.40. The van der Waals surface area contributed by atoms with Crippen LogP contribution in [0, 0.1) is 6.92 Å². The molecule has 0 aliphatic carbocycles. The molecule has 4 nitrogen and oxygen atoms in total. The van der Waals surface area contributed by atoms with Crippen molar-refractivity contribution in [2.24, 2.45) is 0 Å². The Labute approximate surface area is 117 Å². The van der Waals surface area contributed by atoms with E-state index in [4.69, 9.17) is 0 Å². The Morgan fingerprint density at radius 3 is 2.32 bits per heavy atom. The molecule has 0 saturated heterocycles. The van der Waals surface area contributed by atoms with Crippen LogP contribution in [0.1, 0.15) is 41.7 Å². The van der Waals surface area contributed by atoms with Crippen LogP contribution in [0.3, 0.4) is 0 Å². The average Bonchev–Trinajstić information content (AvgIpc) is 2.75. The van der Waals surface area contributed by atoms with Crippen LogP contribution in [0.5, 0.6) is 0 Å². The van der Waals surface area contributed by atoms with E-state index in [2.05, 4.69) is 35.7 Å². The standard InChI is InChI=1S/C14H17N3OS/c1-9-12(19-17-16-9)13(18)15-11-7-5-10(6-8-11)14(2,3)4/h5-8H,1-4H3,(H,15,18). The van der Waals surface area contributed by atoms with Gasteiger partial charge < -0.3 is 5.32 Å². The molecule has 0 fully saturated rings. The smallest absolute Gasteiger partial charge is 0.269 e. The van der Waals surface area contributed by atoms with Gasteiger partial charge in [0.1, 0.15) is 4.88 Å². The monoisotopic (exact) mass is 275 g/mol. The Kier molecular flexibility index (Phi) is 3.66. The zero-order valence-corrected chi connectivity index (χ0v) is 12.3. The van der Waals surface area contributed by atoms with E-state index in [1.165, 1.54) is 5.56 Å². The Morgan fingerprint density at radius 1 is 1.21 bits per heavy atom. The first-order valence-electron chi connectivity index (χ1n) is 6.09. The number of carbonyl (C=O) groups excluding carboxylic acids is 1. The minimum atomic E-state index is -0.156. The molecule has 0 atom stereocenters. The molecule has 1 N–H and O–H groups in total. The number of nitrogens with zero attached hydrogens (tertiary/aromatic N) is 2. The minimum absolute atomic E-state index is 0.112. The van der Waals surface area contributed by atoms with E-state index in [9.17, 15) is 4.79 Å². The maximum Gasteiger partial charge on any atom is 0.269 e. The molecule has 0 bridgehead atoms. The summed E-state index contributed by atoms with van der Waals surface area (Å²) in [4.78, 5) is 12.6. The van der Waals surface area contributed by atoms with E-state index in [0.717, 1.165) is 17.2 Å². The third-order valence-electron chi connectivity index (χ3n) is 2.87. The van der Waals surface area contributed by atoms with Crippen LogP contribution in [0.2, 0.25) is 0 Å². The Morgan fingerprint density at radius 2 is 1.84 bits per heavy atom. The summed E-state index contributed by atoms with van der Waals surface area (Å²) < 4.78 is 3.76. The van der Waals surface area contributed by atoms with E-state index in [1.807, 2.05) is 24.3 Å². The third kappa shape index (κ3) is 3.17. The van der Waals surface area contributed by atoms with Gasteiger partial charge in [-0.05, 0) is 41.6 Å². The number of nitrogens with one attached hydrogen (secondary N) is 1. The van der Waals surface area contributed by atoms with Crippen molar-refractivity contribution in [3.63, 3.8) is 0 Å². The van der Waals surface area contributed by atoms with Crippen molar-refractivity contribution >= 4 is 23.1 Å². The number of aromatic nitrogens is 2. The first-order chi connectivity index (χ1) is 8.88. The number of hydrogen-bond acceptors (Lipinski definition) is 4. The van der Waals surface area contributed by atoms with Crippen LogP contribution in [0.25, 0.3) is 0 Å². The fraction of sp³-hybridized carbons (Fsp3) is 0.357. The maximum atomic E-state index is 12.0. The molecule has 1 amide bonds. The third-order valence-corrected chi connectivity index (χ3v) is 3.69. The van der Waals surface area contributed by atoms with E-state index in [-0.39, 0.29) is 11.3 Å². The fourth-order valence-corrected chi connectivity index (χ4v) is 2.23. The van der Waals surface area contributed by atoms with Gasteiger partial charge in [-0.3, -0.25) is 4.79 Å². The summed E-state index contributed by atoms with van der Waals surface area (Å²) in [6.07, 6.45) is 0. The quantitative estimate of drug-likeness (QED) is 0.914. The number of anilines is 1. The van der Waals surface area contributed by atoms with Gasteiger partial charge in [-0.2, -0.15) is 0 Å². The molecule has 1 aromatic carbocycles. The van der Waals surface area contributed by atoms with E-state index < -0.39 is 0 Å². The maximum absolute atomic E-state index is 12.0. The zero-order chi connectivity index (χ0) is 14.0. The molecule has 0 unspecified atom stereocenters. The largest absolute Gasteiger partial charge is 0.321 e. The lowest BCUT2D eigenvalue weighted by molar-refractivity contribution is 0.103. The lowest BCUT2D eigenvalue weighted by atomic mass is 9.87. The van der Waals surface area contributed by atoms with Crippen molar-refractivity contribution in [1.82, 2.24) is 9.59 Å². The minimum Gasteiger partial charge on any atom is -0.321 e. The second-order valence-electron chi connectivity index (χ2n) is 5.47. The van der Waals surface area contributed by atoms with Crippen molar-refractivity contribution in [2.75, 3.05) is 5.32 Å². The highest BCUT2D eigenvalue weighted by atomic mass is 32.1. The van der Waals surface area contributed by atoms with Crippen LogP contribution < -0.4 is 5.32 Å². The van der Waals surface area contributed by atoms with Crippen molar-refractivity contribution in [3.05, 3.63) is 40.4 Å². The van der Waals surface area contributed by atoms with Crippen molar-refractivity contribution in [3.8, 4) is 0 Å². The molecule has 1 heterocycles. The first-order valence-corrected chi connectivity index (χ1v) is 6.86. The number of hydrogen-bond donors (Lipinski definition) is 1. The van der Waals surface area contributed by atoms with Crippen molar-refractivity contribution in [1.29, 1.82) is 0 Å². The number of benzene rings is 1. The topological polar surface area (TPSA) is 54.9 Å². The van der Waals surface area contributed by atoms with Crippen molar-refractivity contribution < 1.29 is 4.79 Å². The molecule has 100 valence electrons. The van der Waals surface area contributed by atoms with Gasteiger partial charge in [0.15, 0.2) is 0 Å². The predicted molar refractivity (Wildman–Crippen MR) is 77.7 cm³/mol. The van der Waals surface area contributed by atoms with E-state index in [0.29, 0.717) is 10.6 Å². The number of amides is 1. The Bertz CT molecular complexity index is 581. The second-order valence-corrected chi connectivity index (χ2v) is 6.22. The second kappa shape index (κ2) is 5.09. The molecular formula is C14H17N3OS. The Balaban J connectivity index is 2.12. The molecule has 0 saturated carbocycles. The highest BCUT2D eigenvalue weighted by Gasteiger charge is 2.15. The molecule has 0 radical (unpaired) electrons. The Hall–Kier alpha value is -1.75. The highest BCUT2D eigenvalue weighted by Crippen LogP contribution is 2.23. The van der Waals surface area contributed by atoms with Gasteiger partial charge in [0.05, 0.1) is 5.69 Å². The summed E-state index contributed by atoms with van der Waals surface area (Å²) in [5.74, 6) is -0.156. The van der Waals surface area contributed by atoms with Crippen LogP contribution in [-0.2, 0) is 5.41 Å². The van der Waals surface area contributed by atoms with Crippen LogP contribution in [0.15, 0.2) is 24.3 Å². The lowest BCUT2D eigenvalue weighted by Gasteiger charge is -2.19. The van der Waals surface area contributed by atoms with Gasteiger partial charge >= 0.3 is 0 Å². The van der Waals surface area contributed by atoms with Gasteiger partial charge in [-0.1, -0.05) is 37.4 Å². The molecule has 0 aliphatic rings. The van der Waals surface area contributed by atoms with Crippen LogP contribution >= 0.6 is 11.5 Å². The summed E-state index contributed by atoms with van der Waals surface area (Å²) >= 11 is 1.11. The summed E-state index contributed by atoms with van der Waals surface area (Å²) in [5, 5.41) is 6.69. The molecular weight excluding hydrogens is 258 g/mol. The van der Waals surface area contributed by atoms with Gasteiger partial charge in [0, 0.05) is 5.69 Å². The lowest BCUT2D eigenvalue weighted by Crippen LogP contribution is -2.13. The van der Waals surface area contributed by atoms with Gasteiger partial charge in [0.25, 0.3) is 5.91 Å². The molecule has 5 heteroatoms. The summed E-state index contributed by atoms with van der Waals surface area (Å²) in [7, 11) is 0. The SMILES string of the molecule is Cc1nnsc1C(=O)Nc1ccc(C(C)(C)C)cc1. The average molecular weight is 275 g/mol. The number of carbonyl (C=O) groups is 1. The number of rotatable bonds is 2. The molecule has 0 spiro atoms. The summed E-state index contributed by atoms with van der Waals surface area (Å²) in [6.45, 7) is 8.26. The van der Waals surface area contributed by atoms with E-state index >= 15 is 0 Å². The molecule has 1 aromatic heterocycles.